The third kappa shape index (κ3) is 1.16. The average Bonchev–Trinajstić information content (AvgIpc) is 2.05. The van der Waals surface area contributed by atoms with Gasteiger partial charge in [-0.1, -0.05) is 18.2 Å². The van der Waals surface area contributed by atoms with E-state index >= 15 is 0 Å². The topological polar surface area (TPSA) is 57.5 Å². The van der Waals surface area contributed by atoms with Crippen LogP contribution in [0.5, 0.6) is 0 Å². The van der Waals surface area contributed by atoms with Crippen molar-refractivity contribution in [1.82, 2.24) is 0 Å². The summed E-state index contributed by atoms with van der Waals surface area (Å²) in [5, 5.41) is 18.4. The maximum absolute atomic E-state index is 10.9. The molecule has 3 heteroatoms. The summed E-state index contributed by atoms with van der Waals surface area (Å²) in [7, 11) is 0. The molecule has 66 valence electrons. The largest absolute Gasteiger partial charge is 0.481 e. The molecule has 1 aliphatic rings. The number of aliphatic hydroxyl groups excluding tert-OH is 1. The lowest BCUT2D eigenvalue weighted by Gasteiger charge is -2.31. The first-order chi connectivity index (χ1) is 5.63. The molecule has 1 rings (SSSR count). The van der Waals surface area contributed by atoms with Crippen molar-refractivity contribution in [1.29, 1.82) is 0 Å². The van der Waals surface area contributed by atoms with E-state index in [0.717, 1.165) is 0 Å². The van der Waals surface area contributed by atoms with Crippen LogP contribution in [0.3, 0.4) is 0 Å². The van der Waals surface area contributed by atoms with Gasteiger partial charge in [0, 0.05) is 0 Å². The zero-order valence-corrected chi connectivity index (χ0v) is 6.73. The molecule has 2 N–H and O–H groups in total. The fourth-order valence-electron chi connectivity index (χ4n) is 1.39. The molecule has 3 nitrogen and oxygen atoms in total. The van der Waals surface area contributed by atoms with Gasteiger partial charge in [-0.2, -0.15) is 0 Å². The molecular formula is C9H12O3. The summed E-state index contributed by atoms with van der Waals surface area (Å²) >= 11 is 0. The van der Waals surface area contributed by atoms with Crippen molar-refractivity contribution in [3.63, 3.8) is 0 Å². The minimum atomic E-state index is -1.17. The number of carboxylic acid groups (broad SMARTS) is 1. The summed E-state index contributed by atoms with van der Waals surface area (Å²) in [4.78, 5) is 10.9. The monoisotopic (exact) mass is 168 g/mol. The highest BCUT2D eigenvalue weighted by Gasteiger charge is 2.42. The standard InChI is InChI=1S/C9H12O3/c1-2-9(8(11)12)6-4-3-5-7(9)10/h2-4,7,10H,1,5-6H2,(H,11,12). The molecule has 0 saturated carbocycles. The van der Waals surface area contributed by atoms with E-state index in [1.165, 1.54) is 6.08 Å². The van der Waals surface area contributed by atoms with Crippen LogP contribution in [0.15, 0.2) is 24.8 Å². The van der Waals surface area contributed by atoms with Crippen molar-refractivity contribution in [2.24, 2.45) is 5.41 Å². The predicted molar refractivity (Wildman–Crippen MR) is 44.6 cm³/mol. The van der Waals surface area contributed by atoms with Gasteiger partial charge in [0.1, 0.15) is 5.41 Å². The van der Waals surface area contributed by atoms with Crippen LogP contribution in [0.2, 0.25) is 0 Å². The molecule has 0 radical (unpaired) electrons. The van der Waals surface area contributed by atoms with Gasteiger partial charge in [0.15, 0.2) is 0 Å². The molecule has 1 aliphatic carbocycles. The first-order valence-electron chi connectivity index (χ1n) is 3.83. The molecule has 0 fully saturated rings. The highest BCUT2D eigenvalue weighted by Crippen LogP contribution is 2.34. The van der Waals surface area contributed by atoms with Gasteiger partial charge in [-0.15, -0.1) is 6.58 Å². The Hall–Kier alpha value is -1.09. The zero-order valence-electron chi connectivity index (χ0n) is 6.73. The molecule has 0 heterocycles. The van der Waals surface area contributed by atoms with Gasteiger partial charge in [-0.25, -0.2) is 0 Å². The number of rotatable bonds is 2. The van der Waals surface area contributed by atoms with E-state index in [-0.39, 0.29) is 0 Å². The van der Waals surface area contributed by atoms with E-state index in [1.54, 1.807) is 12.2 Å². The van der Waals surface area contributed by atoms with E-state index in [9.17, 15) is 9.90 Å². The number of carboxylic acids is 1. The Labute approximate surface area is 71.0 Å². The molecule has 2 atom stereocenters. The van der Waals surface area contributed by atoms with Crippen LogP contribution < -0.4 is 0 Å². The molecule has 0 aromatic carbocycles. The van der Waals surface area contributed by atoms with Gasteiger partial charge in [-0.05, 0) is 12.8 Å². The maximum Gasteiger partial charge on any atom is 0.316 e. The molecule has 0 aliphatic heterocycles. The highest BCUT2D eigenvalue weighted by atomic mass is 16.4. The van der Waals surface area contributed by atoms with Crippen LogP contribution in [-0.4, -0.2) is 22.3 Å². The maximum atomic E-state index is 10.9. The zero-order chi connectivity index (χ0) is 9.19. The lowest BCUT2D eigenvalue weighted by molar-refractivity contribution is -0.152. The minimum absolute atomic E-state index is 0.326. The number of hydrogen-bond donors (Lipinski definition) is 2. The predicted octanol–water partition coefficient (Wildman–Crippen LogP) is 0.954. The fourth-order valence-corrected chi connectivity index (χ4v) is 1.39. The van der Waals surface area contributed by atoms with E-state index in [0.29, 0.717) is 12.8 Å². The van der Waals surface area contributed by atoms with Crippen molar-refractivity contribution < 1.29 is 15.0 Å². The van der Waals surface area contributed by atoms with Crippen LogP contribution >= 0.6 is 0 Å². The third-order valence-electron chi connectivity index (χ3n) is 2.34. The number of aliphatic carboxylic acids is 1. The molecule has 0 bridgehead atoms. The van der Waals surface area contributed by atoms with Crippen LogP contribution in [0, 0.1) is 5.41 Å². The Morgan fingerprint density at radius 2 is 2.33 bits per heavy atom. The van der Waals surface area contributed by atoms with Gasteiger partial charge in [0.25, 0.3) is 0 Å². The Kier molecular flexibility index (Phi) is 2.33. The Morgan fingerprint density at radius 1 is 1.67 bits per heavy atom. The third-order valence-corrected chi connectivity index (χ3v) is 2.34. The molecule has 0 amide bonds. The van der Waals surface area contributed by atoms with Gasteiger partial charge < -0.3 is 10.2 Å². The quantitative estimate of drug-likeness (QED) is 0.603. The number of aliphatic hydroxyl groups is 1. The fraction of sp³-hybridized carbons (Fsp3) is 0.444. The first-order valence-corrected chi connectivity index (χ1v) is 3.83. The number of allylic oxidation sites excluding steroid dienone is 1. The molecule has 0 aromatic heterocycles. The van der Waals surface area contributed by atoms with Crippen molar-refractivity contribution in [3.8, 4) is 0 Å². The first kappa shape index (κ1) is 9.00. The van der Waals surface area contributed by atoms with Crippen molar-refractivity contribution >= 4 is 5.97 Å². The average molecular weight is 168 g/mol. The second-order valence-corrected chi connectivity index (χ2v) is 2.98. The number of hydrogen-bond acceptors (Lipinski definition) is 2. The Morgan fingerprint density at radius 3 is 2.67 bits per heavy atom. The van der Waals surface area contributed by atoms with E-state index < -0.39 is 17.5 Å². The Bertz CT molecular complexity index is 232. The SMILES string of the molecule is C=CC1(C(=O)O)CC=CCC1O. The van der Waals surface area contributed by atoms with Crippen LogP contribution in [0.4, 0.5) is 0 Å². The molecule has 2 unspecified atom stereocenters. The second-order valence-electron chi connectivity index (χ2n) is 2.98. The molecule has 0 spiro atoms. The van der Waals surface area contributed by atoms with Crippen LogP contribution in [0.25, 0.3) is 0 Å². The van der Waals surface area contributed by atoms with Crippen LogP contribution in [0.1, 0.15) is 12.8 Å². The lowest BCUT2D eigenvalue weighted by atomic mass is 9.75. The Balaban J connectivity index is 2.98. The summed E-state index contributed by atoms with van der Waals surface area (Å²) in [6, 6.07) is 0. The molecular weight excluding hydrogens is 156 g/mol. The number of carbonyl (C=O) groups is 1. The van der Waals surface area contributed by atoms with E-state index in [2.05, 4.69) is 6.58 Å². The van der Waals surface area contributed by atoms with Crippen LogP contribution in [-0.2, 0) is 4.79 Å². The lowest BCUT2D eigenvalue weighted by Crippen LogP contribution is -2.41. The summed E-state index contributed by atoms with van der Waals surface area (Å²) in [5.41, 5.74) is -1.17. The summed E-state index contributed by atoms with van der Waals surface area (Å²) in [6.45, 7) is 3.45. The normalized spacial score (nSPS) is 34.6. The van der Waals surface area contributed by atoms with Gasteiger partial charge in [0.2, 0.25) is 0 Å². The summed E-state index contributed by atoms with van der Waals surface area (Å²) in [6.07, 6.45) is 4.74. The minimum Gasteiger partial charge on any atom is -0.481 e. The second kappa shape index (κ2) is 3.11. The van der Waals surface area contributed by atoms with E-state index in [1.807, 2.05) is 0 Å². The van der Waals surface area contributed by atoms with Gasteiger partial charge >= 0.3 is 5.97 Å². The van der Waals surface area contributed by atoms with Crippen molar-refractivity contribution in [2.45, 2.75) is 18.9 Å². The summed E-state index contributed by atoms with van der Waals surface area (Å²) in [5.74, 6) is -1.01. The van der Waals surface area contributed by atoms with Gasteiger partial charge in [0.05, 0.1) is 6.10 Å². The van der Waals surface area contributed by atoms with Gasteiger partial charge in [-0.3, -0.25) is 4.79 Å². The van der Waals surface area contributed by atoms with E-state index in [4.69, 9.17) is 5.11 Å². The highest BCUT2D eigenvalue weighted by molar-refractivity contribution is 5.78. The molecule has 12 heavy (non-hydrogen) atoms. The van der Waals surface area contributed by atoms with Crippen molar-refractivity contribution in [3.05, 3.63) is 24.8 Å². The van der Waals surface area contributed by atoms with Crippen molar-refractivity contribution in [2.75, 3.05) is 0 Å². The smallest absolute Gasteiger partial charge is 0.316 e. The molecule has 0 saturated heterocycles. The summed E-state index contributed by atoms with van der Waals surface area (Å²) < 4.78 is 0. The molecule has 0 aromatic rings.